The van der Waals surface area contributed by atoms with E-state index in [2.05, 4.69) is 13.5 Å². The third-order valence-corrected chi connectivity index (χ3v) is 16.7. The second kappa shape index (κ2) is 25.8. The fourth-order valence-electron chi connectivity index (χ4n) is 12.1. The largest absolute Gasteiger partial charge is 0.506 e. The highest BCUT2D eigenvalue weighted by Crippen LogP contribution is 2.61. The molecule has 20 unspecified atom stereocenters. The molecular weight excluding hydrogens is 1000 g/mol. The number of hydrogen-bond acceptors (Lipinski definition) is 26. The van der Waals surface area contributed by atoms with E-state index in [1.807, 2.05) is 0 Å². The minimum absolute atomic E-state index is 0.0832. The molecule has 0 radical (unpaired) electrons. The smallest absolute Gasteiger partial charge is 0.319 e. The highest BCUT2D eigenvalue weighted by molar-refractivity contribution is 5.77. The Morgan fingerprint density at radius 2 is 1.28 bits per heavy atom. The summed E-state index contributed by atoms with van der Waals surface area (Å²) in [5, 5.41) is 178. The lowest BCUT2D eigenvalue weighted by molar-refractivity contribution is -0.352. The number of fused-ring (bicyclic) bond motifs is 6. The molecule has 4 aliphatic carbocycles. The zero-order valence-electron chi connectivity index (χ0n) is 42.2. The summed E-state index contributed by atoms with van der Waals surface area (Å²) in [6.07, 6.45) is -26.5. The minimum Gasteiger partial charge on any atom is -0.506 e. The fraction of sp³-hybridized carbons (Fsp3) is 0.857. The number of aliphatic hydroxyl groups is 17. The fourth-order valence-corrected chi connectivity index (χ4v) is 12.1. The number of ether oxygens (including phenoxy) is 8. The van der Waals surface area contributed by atoms with Crippen LogP contribution in [0.15, 0.2) is 35.4 Å². The molecular formula is C49H80O26. The quantitative estimate of drug-likeness (QED) is 0.0286. The number of rotatable bonds is 19. The van der Waals surface area contributed by atoms with Crippen LogP contribution in [-0.2, 0) is 42.7 Å². The van der Waals surface area contributed by atoms with Crippen LogP contribution >= 0.6 is 0 Å². The number of hydrogen-bond donors (Lipinski definition) is 17. The van der Waals surface area contributed by atoms with Crippen molar-refractivity contribution in [3.63, 3.8) is 0 Å². The van der Waals surface area contributed by atoms with Gasteiger partial charge in [0.15, 0.2) is 36.3 Å². The van der Waals surface area contributed by atoms with Gasteiger partial charge >= 0.3 is 11.9 Å². The van der Waals surface area contributed by atoms with Crippen molar-refractivity contribution < 1.29 is 130 Å². The Balaban J connectivity index is 1.28. The lowest BCUT2D eigenvalue weighted by Crippen LogP contribution is -2.64. The first kappa shape index (κ1) is 61.1. The Morgan fingerprint density at radius 1 is 0.667 bits per heavy atom. The summed E-state index contributed by atoms with van der Waals surface area (Å²) in [6.45, 7) is 4.95. The van der Waals surface area contributed by atoms with Gasteiger partial charge in [-0.05, 0) is 87.5 Å². The van der Waals surface area contributed by atoms with E-state index < -0.39 is 196 Å². The second-order valence-electron chi connectivity index (χ2n) is 21.3. The molecule has 3 saturated heterocycles. The summed E-state index contributed by atoms with van der Waals surface area (Å²) in [6, 6.07) is 0. The van der Waals surface area contributed by atoms with Crippen LogP contribution in [0.4, 0.5) is 0 Å². The van der Waals surface area contributed by atoms with Gasteiger partial charge < -0.3 is 125 Å². The van der Waals surface area contributed by atoms with Crippen molar-refractivity contribution >= 4 is 5.97 Å². The molecule has 0 aromatic carbocycles. The molecule has 26 nitrogen and oxygen atoms in total. The molecule has 2 bridgehead atoms. The lowest BCUT2D eigenvalue weighted by atomic mass is 9.48. The first-order valence-corrected chi connectivity index (χ1v) is 25.7. The second-order valence-corrected chi connectivity index (χ2v) is 21.3. The van der Waals surface area contributed by atoms with Gasteiger partial charge in [0.05, 0.1) is 30.8 Å². The van der Waals surface area contributed by atoms with Crippen LogP contribution in [0.1, 0.15) is 97.3 Å². The van der Waals surface area contributed by atoms with Crippen LogP contribution in [0, 0.1) is 22.7 Å². The van der Waals surface area contributed by atoms with E-state index in [1.165, 1.54) is 0 Å². The van der Waals surface area contributed by atoms with Gasteiger partial charge in [-0.15, -0.1) is 0 Å². The molecule has 7 fully saturated rings. The van der Waals surface area contributed by atoms with Crippen molar-refractivity contribution in [3.05, 3.63) is 35.4 Å². The van der Waals surface area contributed by atoms with Crippen molar-refractivity contribution in [3.8, 4) is 0 Å². The zero-order valence-corrected chi connectivity index (χ0v) is 42.2. The van der Waals surface area contributed by atoms with Gasteiger partial charge in [0.25, 0.3) is 0 Å². The van der Waals surface area contributed by atoms with Gasteiger partial charge in [-0.1, -0.05) is 26.3 Å². The van der Waals surface area contributed by atoms with Gasteiger partial charge in [-0.3, -0.25) is 4.79 Å². The van der Waals surface area contributed by atoms with E-state index in [0.29, 0.717) is 63.4 Å². The van der Waals surface area contributed by atoms with Crippen molar-refractivity contribution in [2.24, 2.45) is 22.7 Å². The van der Waals surface area contributed by atoms with Gasteiger partial charge in [0.1, 0.15) is 67.1 Å². The molecule has 3 heterocycles. The van der Waals surface area contributed by atoms with E-state index in [4.69, 9.17) is 37.9 Å². The number of aliphatic hydroxyl groups excluding tert-OH is 17. The topological polar surface area (TPSA) is 435 Å². The van der Waals surface area contributed by atoms with Crippen LogP contribution < -0.4 is 0 Å². The Bertz CT molecular complexity index is 1950. The van der Waals surface area contributed by atoms with Crippen LogP contribution in [0.25, 0.3) is 0 Å². The van der Waals surface area contributed by atoms with E-state index in [1.54, 1.807) is 6.92 Å². The predicted molar refractivity (Wildman–Crippen MR) is 251 cm³/mol. The first-order valence-electron chi connectivity index (χ1n) is 25.7. The Morgan fingerprint density at radius 3 is 1.91 bits per heavy atom. The molecule has 3 aliphatic heterocycles. The summed E-state index contributed by atoms with van der Waals surface area (Å²) < 4.78 is 47.4. The first-order chi connectivity index (χ1) is 35.4. The molecule has 75 heavy (non-hydrogen) atoms. The SMILES string of the molecule is C=C1CCCCC2C(C)(C(=O)OC3OC(CO)C(O)C(O)C3OC3OCC(O)C(O)C3O)CCCC2(C)C2CCC1(OC1OC(CO)C(O)C(OC(O)/C(O)=C(/O)C(O)CCO)C1O/C(O)=C(\O)C(O)CCO)CC2. The summed E-state index contributed by atoms with van der Waals surface area (Å²) in [5.41, 5.74) is -2.43. The summed E-state index contributed by atoms with van der Waals surface area (Å²) in [5.74, 6) is -6.20. The molecule has 0 aromatic rings. The van der Waals surface area contributed by atoms with Crippen molar-refractivity contribution in [2.75, 3.05) is 33.0 Å². The van der Waals surface area contributed by atoms with Gasteiger partial charge in [-0.25, -0.2) is 0 Å². The van der Waals surface area contributed by atoms with Gasteiger partial charge in [0.2, 0.25) is 18.3 Å². The maximum absolute atomic E-state index is 14.9. The molecule has 26 heteroatoms. The molecule has 7 aliphatic rings. The van der Waals surface area contributed by atoms with Gasteiger partial charge in [-0.2, -0.15) is 0 Å². The maximum atomic E-state index is 14.9. The number of esters is 1. The number of carbonyl (C=O) groups excluding carboxylic acids is 1. The minimum atomic E-state index is -2.55. The van der Waals surface area contributed by atoms with Crippen molar-refractivity contribution in [2.45, 2.75) is 207 Å². The summed E-state index contributed by atoms with van der Waals surface area (Å²) in [4.78, 5) is 14.9. The molecule has 0 aromatic heterocycles. The maximum Gasteiger partial charge on any atom is 0.319 e. The monoisotopic (exact) mass is 1080 g/mol. The van der Waals surface area contributed by atoms with E-state index in [-0.39, 0.29) is 24.7 Å². The molecule has 4 saturated carbocycles. The van der Waals surface area contributed by atoms with Gasteiger partial charge in [0, 0.05) is 26.1 Å². The number of carbonyl (C=O) groups is 1. The molecule has 17 N–H and O–H groups in total. The molecule has 432 valence electrons. The Labute approximate surface area is 433 Å². The average Bonchev–Trinajstić information content (AvgIpc) is 3.41. The predicted octanol–water partition coefficient (Wildman–Crippen LogP) is -2.05. The zero-order chi connectivity index (χ0) is 55.3. The van der Waals surface area contributed by atoms with Crippen LogP contribution in [0.2, 0.25) is 0 Å². The molecule has 20 atom stereocenters. The lowest BCUT2D eigenvalue weighted by Gasteiger charge is -2.57. The molecule has 7 rings (SSSR count). The van der Waals surface area contributed by atoms with E-state index in [0.717, 1.165) is 0 Å². The standard InChI is InChI=1S/C49H80O26/c1-22-7-4-5-8-29-47(2,13-6-14-48(29,3)46(67)74-44-39(35(62)33(60)27(19-52)69-44)73-43-37(64)31(58)26(56)21-68-43)23-9-15-49(22,16-10-23)75-45-40(72-41(65)32(59)25(55)12-18-51)38(34(61)28(20-53)70-45)71-42(66)36(63)30(57)24(54)11-17-50/h23-29,31,33-35,37-40,42-45,50-66H,1,4-21H2,2-3H3/b36-30-,41-32-. The van der Waals surface area contributed by atoms with Crippen molar-refractivity contribution in [1.82, 2.24) is 0 Å². The molecule has 0 spiro atoms. The Hall–Kier alpha value is -3.07. The van der Waals surface area contributed by atoms with E-state index >= 15 is 0 Å². The van der Waals surface area contributed by atoms with E-state index in [9.17, 15) is 91.6 Å². The highest BCUT2D eigenvalue weighted by atomic mass is 16.8. The highest BCUT2D eigenvalue weighted by Gasteiger charge is 2.60. The normalized spacial score (nSPS) is 42.7. The Kier molecular flexibility index (Phi) is 21.0. The van der Waals surface area contributed by atoms with Crippen LogP contribution in [0.5, 0.6) is 0 Å². The third kappa shape index (κ3) is 12.9. The third-order valence-electron chi connectivity index (χ3n) is 16.7. The van der Waals surface area contributed by atoms with Crippen molar-refractivity contribution in [1.29, 1.82) is 0 Å². The summed E-state index contributed by atoms with van der Waals surface area (Å²) in [7, 11) is 0. The summed E-state index contributed by atoms with van der Waals surface area (Å²) >= 11 is 0. The molecule has 0 amide bonds. The van der Waals surface area contributed by atoms with Crippen LogP contribution in [-0.4, -0.2) is 236 Å². The van der Waals surface area contributed by atoms with Crippen LogP contribution in [0.3, 0.4) is 0 Å². The average molecular weight is 1090 g/mol.